The molecule has 4 heteroatoms. The summed E-state index contributed by atoms with van der Waals surface area (Å²) in [6.45, 7) is 0.631. The van der Waals surface area contributed by atoms with Gasteiger partial charge in [-0.05, 0) is 54.2 Å². The topological polar surface area (TPSA) is 24.5 Å². The molecule has 0 atom stereocenters. The van der Waals surface area contributed by atoms with E-state index in [0.29, 0.717) is 11.7 Å². The molecule has 0 amide bonds. The van der Waals surface area contributed by atoms with Crippen LogP contribution in [0.2, 0.25) is 0 Å². The molecule has 0 unspecified atom stereocenters. The van der Waals surface area contributed by atoms with Crippen molar-refractivity contribution >= 4 is 28.7 Å². The molecule has 0 radical (unpaired) electrons. The summed E-state index contributed by atoms with van der Waals surface area (Å²) in [4.78, 5) is 2.04. The highest BCUT2D eigenvalue weighted by atomic mass is 32.1. The second-order valence-electron chi connectivity index (χ2n) is 5.52. The van der Waals surface area contributed by atoms with Gasteiger partial charge in [-0.2, -0.15) is 0 Å². The van der Waals surface area contributed by atoms with Crippen LogP contribution in [0.25, 0.3) is 0 Å². The number of ether oxygens (including phenoxy) is 1. The number of methoxy groups -OCH3 is 1. The molecule has 0 aliphatic carbocycles. The Bertz CT molecular complexity index is 782. The van der Waals surface area contributed by atoms with Crippen LogP contribution in [-0.2, 0) is 6.54 Å². The van der Waals surface area contributed by atoms with E-state index in [2.05, 4.69) is 5.32 Å². The van der Waals surface area contributed by atoms with Crippen molar-refractivity contribution in [2.24, 2.45) is 0 Å². The Hall–Kier alpha value is -2.85. The molecular formula is C21H20N2OS. The fraction of sp³-hybridized carbons (Fsp3) is 0.0952. The minimum atomic E-state index is 0.631. The maximum absolute atomic E-state index is 5.68. The number of thiocarbonyl (C=S) groups is 1. The number of para-hydroxylation sites is 2. The van der Waals surface area contributed by atoms with Crippen LogP contribution in [0, 0.1) is 0 Å². The van der Waals surface area contributed by atoms with Crippen LogP contribution in [0.3, 0.4) is 0 Å². The zero-order valence-corrected chi connectivity index (χ0v) is 14.9. The standard InChI is InChI=1S/C21H20N2OS/c1-24-20-14-8-9-17(15-20)16-22-21(25)23(18-10-4-2-5-11-18)19-12-6-3-7-13-19/h2-15H,16H2,1H3,(H,22,25). The van der Waals surface area contributed by atoms with E-state index in [9.17, 15) is 0 Å². The fourth-order valence-electron chi connectivity index (χ4n) is 2.58. The molecule has 126 valence electrons. The summed E-state index contributed by atoms with van der Waals surface area (Å²) in [6.07, 6.45) is 0. The number of benzene rings is 3. The Balaban J connectivity index is 1.80. The predicted octanol–water partition coefficient (Wildman–Crippen LogP) is 4.91. The Labute approximate surface area is 153 Å². The molecule has 0 aliphatic rings. The third-order valence-corrected chi connectivity index (χ3v) is 4.14. The molecule has 3 aromatic carbocycles. The van der Waals surface area contributed by atoms with Crippen LogP contribution >= 0.6 is 12.2 Å². The monoisotopic (exact) mass is 348 g/mol. The molecule has 1 N–H and O–H groups in total. The summed E-state index contributed by atoms with van der Waals surface area (Å²) < 4.78 is 5.28. The van der Waals surface area contributed by atoms with Gasteiger partial charge in [0.2, 0.25) is 0 Å². The lowest BCUT2D eigenvalue weighted by molar-refractivity contribution is 0.414. The van der Waals surface area contributed by atoms with Gasteiger partial charge in [-0.3, -0.25) is 4.90 Å². The van der Waals surface area contributed by atoms with E-state index in [0.717, 1.165) is 22.7 Å². The van der Waals surface area contributed by atoms with Gasteiger partial charge >= 0.3 is 0 Å². The van der Waals surface area contributed by atoms with Crippen molar-refractivity contribution in [1.29, 1.82) is 0 Å². The molecular weight excluding hydrogens is 328 g/mol. The average molecular weight is 348 g/mol. The summed E-state index contributed by atoms with van der Waals surface area (Å²) in [5.41, 5.74) is 3.16. The maximum atomic E-state index is 5.68. The summed E-state index contributed by atoms with van der Waals surface area (Å²) >= 11 is 5.68. The Kier molecular flexibility index (Phi) is 5.65. The molecule has 0 saturated carbocycles. The van der Waals surface area contributed by atoms with Crippen LogP contribution in [-0.4, -0.2) is 12.2 Å². The van der Waals surface area contributed by atoms with E-state index in [1.54, 1.807) is 7.11 Å². The average Bonchev–Trinajstić information content (AvgIpc) is 2.68. The van der Waals surface area contributed by atoms with E-state index in [4.69, 9.17) is 17.0 Å². The lowest BCUT2D eigenvalue weighted by Gasteiger charge is -2.26. The minimum Gasteiger partial charge on any atom is -0.497 e. The first-order valence-corrected chi connectivity index (χ1v) is 8.50. The normalized spacial score (nSPS) is 10.1. The molecule has 0 spiro atoms. The van der Waals surface area contributed by atoms with Crippen molar-refractivity contribution in [2.45, 2.75) is 6.54 Å². The molecule has 0 aromatic heterocycles. The first-order valence-electron chi connectivity index (χ1n) is 8.09. The highest BCUT2D eigenvalue weighted by Crippen LogP contribution is 2.25. The molecule has 3 rings (SSSR count). The van der Waals surface area contributed by atoms with Crippen LogP contribution in [0.1, 0.15) is 5.56 Å². The van der Waals surface area contributed by atoms with Crippen molar-refractivity contribution in [1.82, 2.24) is 5.32 Å². The minimum absolute atomic E-state index is 0.631. The quantitative estimate of drug-likeness (QED) is 0.662. The van der Waals surface area contributed by atoms with Crippen molar-refractivity contribution in [3.63, 3.8) is 0 Å². The van der Waals surface area contributed by atoms with Crippen LogP contribution in [0.4, 0.5) is 11.4 Å². The van der Waals surface area contributed by atoms with E-state index in [-0.39, 0.29) is 0 Å². The highest BCUT2D eigenvalue weighted by molar-refractivity contribution is 7.80. The van der Waals surface area contributed by atoms with E-state index in [1.165, 1.54) is 0 Å². The van der Waals surface area contributed by atoms with Crippen molar-refractivity contribution in [3.8, 4) is 5.75 Å². The zero-order valence-electron chi connectivity index (χ0n) is 14.1. The van der Waals surface area contributed by atoms with Gasteiger partial charge in [0.25, 0.3) is 0 Å². The molecule has 3 aromatic rings. The summed E-state index contributed by atoms with van der Waals surface area (Å²) in [6, 6.07) is 28.2. The molecule has 0 fully saturated rings. The SMILES string of the molecule is COc1cccc(CNC(=S)N(c2ccccc2)c2ccccc2)c1. The van der Waals surface area contributed by atoms with Crippen molar-refractivity contribution in [2.75, 3.05) is 12.0 Å². The second-order valence-corrected chi connectivity index (χ2v) is 5.90. The van der Waals surface area contributed by atoms with Crippen molar-refractivity contribution in [3.05, 3.63) is 90.5 Å². The van der Waals surface area contributed by atoms with E-state index >= 15 is 0 Å². The van der Waals surface area contributed by atoms with Gasteiger partial charge in [0.15, 0.2) is 5.11 Å². The summed E-state index contributed by atoms with van der Waals surface area (Å²) in [5, 5.41) is 4.00. The van der Waals surface area contributed by atoms with Crippen LogP contribution in [0.15, 0.2) is 84.9 Å². The van der Waals surface area contributed by atoms with Crippen LogP contribution in [0.5, 0.6) is 5.75 Å². The smallest absolute Gasteiger partial charge is 0.178 e. The number of anilines is 2. The third-order valence-electron chi connectivity index (χ3n) is 3.81. The van der Waals surface area contributed by atoms with Crippen LogP contribution < -0.4 is 15.0 Å². The Morgan fingerprint density at radius 3 is 2.04 bits per heavy atom. The lowest BCUT2D eigenvalue weighted by atomic mass is 10.2. The first-order chi connectivity index (χ1) is 12.3. The van der Waals surface area contributed by atoms with Gasteiger partial charge in [-0.15, -0.1) is 0 Å². The first kappa shape index (κ1) is 17.0. The molecule has 0 saturated heterocycles. The fourth-order valence-corrected chi connectivity index (χ4v) is 2.86. The van der Waals surface area contributed by atoms with E-state index < -0.39 is 0 Å². The number of nitrogens with one attached hydrogen (secondary N) is 1. The number of hydrogen-bond donors (Lipinski definition) is 1. The number of hydrogen-bond acceptors (Lipinski definition) is 2. The number of rotatable bonds is 5. The van der Waals surface area contributed by atoms with Gasteiger partial charge in [-0.1, -0.05) is 48.5 Å². The van der Waals surface area contributed by atoms with Gasteiger partial charge in [-0.25, -0.2) is 0 Å². The summed E-state index contributed by atoms with van der Waals surface area (Å²) in [7, 11) is 1.67. The van der Waals surface area contributed by atoms with Gasteiger partial charge in [0, 0.05) is 17.9 Å². The summed E-state index contributed by atoms with van der Waals surface area (Å²) in [5.74, 6) is 0.841. The van der Waals surface area contributed by atoms with E-state index in [1.807, 2.05) is 89.8 Å². The highest BCUT2D eigenvalue weighted by Gasteiger charge is 2.14. The van der Waals surface area contributed by atoms with Crippen molar-refractivity contribution < 1.29 is 4.74 Å². The number of nitrogens with zero attached hydrogens (tertiary/aromatic N) is 1. The Morgan fingerprint density at radius 1 is 0.880 bits per heavy atom. The molecule has 0 bridgehead atoms. The Morgan fingerprint density at radius 2 is 1.48 bits per heavy atom. The molecule has 25 heavy (non-hydrogen) atoms. The largest absolute Gasteiger partial charge is 0.497 e. The maximum Gasteiger partial charge on any atom is 0.178 e. The lowest BCUT2D eigenvalue weighted by Crippen LogP contribution is -2.36. The molecule has 0 aliphatic heterocycles. The predicted molar refractivity (Wildman–Crippen MR) is 107 cm³/mol. The molecule has 0 heterocycles. The molecule has 3 nitrogen and oxygen atoms in total. The third kappa shape index (κ3) is 4.37. The van der Waals surface area contributed by atoms with Gasteiger partial charge in [0.05, 0.1) is 7.11 Å². The van der Waals surface area contributed by atoms with Gasteiger partial charge < -0.3 is 10.1 Å². The second kappa shape index (κ2) is 8.31. The zero-order chi connectivity index (χ0) is 17.5. The van der Waals surface area contributed by atoms with Gasteiger partial charge in [0.1, 0.15) is 5.75 Å².